The molecule has 6 rings (SSSR count). The van der Waals surface area contributed by atoms with Crippen molar-refractivity contribution in [2.45, 2.75) is 76.3 Å². The lowest BCUT2D eigenvalue weighted by molar-refractivity contribution is -0.227. The SMILES string of the molecule is CC1(c2ccc(F)cc2)O[C@@H]2CC3C4CCC5=CC(=O)CC[C@@H]5C4CC[C@]3(C)[C@]2(C(=O)CF)O1. The Morgan fingerprint density at radius 2 is 1.85 bits per heavy atom. The molecule has 0 aromatic heterocycles. The van der Waals surface area contributed by atoms with Crippen LogP contribution in [-0.4, -0.2) is 29.9 Å². The number of halogens is 2. The minimum Gasteiger partial charge on any atom is -0.339 e. The van der Waals surface area contributed by atoms with Gasteiger partial charge in [0.15, 0.2) is 29.6 Å². The van der Waals surface area contributed by atoms with Gasteiger partial charge in [0.25, 0.3) is 0 Å². The van der Waals surface area contributed by atoms with Gasteiger partial charge in [-0.25, -0.2) is 8.78 Å². The highest BCUT2D eigenvalue weighted by molar-refractivity contribution is 5.92. The van der Waals surface area contributed by atoms with Gasteiger partial charge in [-0.2, -0.15) is 0 Å². The number of hydrogen-bond acceptors (Lipinski definition) is 4. The largest absolute Gasteiger partial charge is 0.339 e. The summed E-state index contributed by atoms with van der Waals surface area (Å²) in [6.45, 7) is 2.77. The molecule has 34 heavy (non-hydrogen) atoms. The van der Waals surface area contributed by atoms with Gasteiger partial charge in [0.05, 0.1) is 6.10 Å². The normalized spacial score (nSPS) is 45.1. The van der Waals surface area contributed by atoms with Crippen LogP contribution in [0.25, 0.3) is 0 Å². The third-order valence-corrected chi connectivity index (χ3v) is 10.1. The van der Waals surface area contributed by atoms with Crippen LogP contribution in [0.15, 0.2) is 35.9 Å². The molecule has 0 N–H and O–H groups in total. The van der Waals surface area contributed by atoms with Gasteiger partial charge in [0, 0.05) is 17.4 Å². The van der Waals surface area contributed by atoms with Crippen LogP contribution in [-0.2, 0) is 24.8 Å². The highest BCUT2D eigenvalue weighted by Gasteiger charge is 2.76. The number of ether oxygens (including phenoxy) is 2. The molecule has 4 aliphatic carbocycles. The predicted molar refractivity (Wildman–Crippen MR) is 121 cm³/mol. The topological polar surface area (TPSA) is 52.6 Å². The van der Waals surface area contributed by atoms with Crippen molar-refractivity contribution >= 4 is 11.6 Å². The maximum absolute atomic E-state index is 14.1. The van der Waals surface area contributed by atoms with Gasteiger partial charge < -0.3 is 9.47 Å². The van der Waals surface area contributed by atoms with E-state index in [1.165, 1.54) is 17.7 Å². The number of allylic oxidation sites excluding steroid dienone is 1. The summed E-state index contributed by atoms with van der Waals surface area (Å²) in [7, 11) is 0. The van der Waals surface area contributed by atoms with Crippen LogP contribution in [0.5, 0.6) is 0 Å². The Labute approximate surface area is 199 Å². The minimum absolute atomic E-state index is 0.198. The number of rotatable bonds is 3. The van der Waals surface area contributed by atoms with Crippen LogP contribution in [0.2, 0.25) is 0 Å². The molecular weight excluding hydrogens is 438 g/mol. The smallest absolute Gasteiger partial charge is 0.198 e. The zero-order valence-corrected chi connectivity index (χ0v) is 19.8. The number of carbonyl (C=O) groups is 2. The first-order valence-corrected chi connectivity index (χ1v) is 12.7. The molecule has 1 saturated heterocycles. The van der Waals surface area contributed by atoms with E-state index in [9.17, 15) is 18.4 Å². The fourth-order valence-electron chi connectivity index (χ4n) is 8.61. The first-order valence-electron chi connectivity index (χ1n) is 12.7. The Hall–Kier alpha value is -1.92. The van der Waals surface area contributed by atoms with Crippen molar-refractivity contribution in [2.75, 3.05) is 6.67 Å². The fourth-order valence-corrected chi connectivity index (χ4v) is 8.61. The third kappa shape index (κ3) is 2.87. The van der Waals surface area contributed by atoms with Crippen LogP contribution in [0.4, 0.5) is 8.78 Å². The second kappa shape index (κ2) is 7.54. The molecule has 1 heterocycles. The molecule has 0 bridgehead atoms. The van der Waals surface area contributed by atoms with Crippen molar-refractivity contribution in [3.63, 3.8) is 0 Å². The molecule has 8 atom stereocenters. The molecular formula is C28H32F2O4. The van der Waals surface area contributed by atoms with Crippen molar-refractivity contribution in [3.8, 4) is 0 Å². The van der Waals surface area contributed by atoms with E-state index in [1.807, 2.05) is 6.08 Å². The van der Waals surface area contributed by atoms with Crippen LogP contribution < -0.4 is 0 Å². The molecule has 0 radical (unpaired) electrons. The lowest BCUT2D eigenvalue weighted by atomic mass is 9.50. The third-order valence-electron chi connectivity index (χ3n) is 10.1. The molecule has 1 aromatic rings. The van der Waals surface area contributed by atoms with E-state index in [1.54, 1.807) is 19.1 Å². The van der Waals surface area contributed by atoms with E-state index in [2.05, 4.69) is 6.92 Å². The van der Waals surface area contributed by atoms with Crippen LogP contribution >= 0.6 is 0 Å². The quantitative estimate of drug-likeness (QED) is 0.590. The zero-order chi connectivity index (χ0) is 23.9. The maximum atomic E-state index is 14.1. The molecule has 0 spiro atoms. The van der Waals surface area contributed by atoms with Gasteiger partial charge in [-0.3, -0.25) is 9.59 Å². The summed E-state index contributed by atoms with van der Waals surface area (Å²) in [4.78, 5) is 25.4. The lowest BCUT2D eigenvalue weighted by Gasteiger charge is -2.55. The van der Waals surface area contributed by atoms with E-state index in [0.717, 1.165) is 32.1 Å². The lowest BCUT2D eigenvalue weighted by Crippen LogP contribution is -2.60. The summed E-state index contributed by atoms with van der Waals surface area (Å²) >= 11 is 0. The van der Waals surface area contributed by atoms with Crippen LogP contribution in [0, 0.1) is 34.9 Å². The number of fused-ring (bicyclic) bond motifs is 7. The first kappa shape index (κ1) is 22.5. The van der Waals surface area contributed by atoms with Gasteiger partial charge in [-0.05, 0) is 87.3 Å². The Kier molecular flexibility index (Phi) is 5.00. The monoisotopic (exact) mass is 470 g/mol. The predicted octanol–water partition coefficient (Wildman–Crippen LogP) is 5.44. The summed E-state index contributed by atoms with van der Waals surface area (Å²) in [5, 5.41) is 0. The fraction of sp³-hybridized carbons (Fsp3) is 0.643. The Morgan fingerprint density at radius 1 is 1.09 bits per heavy atom. The number of carbonyl (C=O) groups excluding carboxylic acids is 2. The van der Waals surface area contributed by atoms with Gasteiger partial charge in [0.1, 0.15) is 5.82 Å². The van der Waals surface area contributed by atoms with Crippen LogP contribution in [0.1, 0.15) is 64.4 Å². The molecule has 4 fully saturated rings. The zero-order valence-electron chi connectivity index (χ0n) is 19.8. The van der Waals surface area contributed by atoms with Gasteiger partial charge in [0.2, 0.25) is 0 Å². The van der Waals surface area contributed by atoms with E-state index in [0.29, 0.717) is 36.2 Å². The summed E-state index contributed by atoms with van der Waals surface area (Å²) in [6.07, 6.45) is 7.17. The van der Waals surface area contributed by atoms with Crippen molar-refractivity contribution in [3.05, 3.63) is 47.3 Å². The number of ketones is 2. The Morgan fingerprint density at radius 3 is 2.59 bits per heavy atom. The molecule has 182 valence electrons. The van der Waals surface area contributed by atoms with Crippen molar-refractivity contribution < 1.29 is 27.8 Å². The summed E-state index contributed by atoms with van der Waals surface area (Å²) in [6, 6.07) is 5.92. The number of benzene rings is 1. The van der Waals surface area contributed by atoms with E-state index in [4.69, 9.17) is 9.47 Å². The molecule has 4 unspecified atom stereocenters. The second-order valence-corrected chi connectivity index (χ2v) is 11.4. The van der Waals surface area contributed by atoms with E-state index in [-0.39, 0.29) is 17.5 Å². The van der Waals surface area contributed by atoms with Crippen molar-refractivity contribution in [1.82, 2.24) is 0 Å². The molecule has 6 heteroatoms. The highest BCUT2D eigenvalue weighted by atomic mass is 19.1. The van der Waals surface area contributed by atoms with Gasteiger partial charge in [-0.1, -0.05) is 24.6 Å². The Bertz CT molecular complexity index is 1070. The van der Waals surface area contributed by atoms with Gasteiger partial charge in [-0.15, -0.1) is 0 Å². The highest BCUT2D eigenvalue weighted by Crippen LogP contribution is 2.69. The molecule has 3 saturated carbocycles. The number of Topliss-reactive ketones (excluding diaryl/α,β-unsaturated/α-hetero) is 1. The van der Waals surface area contributed by atoms with Crippen molar-refractivity contribution in [1.29, 1.82) is 0 Å². The van der Waals surface area contributed by atoms with Crippen molar-refractivity contribution in [2.24, 2.45) is 29.1 Å². The first-order chi connectivity index (χ1) is 16.2. The maximum Gasteiger partial charge on any atom is 0.198 e. The number of hydrogen-bond donors (Lipinski definition) is 0. The van der Waals surface area contributed by atoms with Crippen LogP contribution in [0.3, 0.4) is 0 Å². The molecule has 1 aliphatic heterocycles. The average molecular weight is 471 g/mol. The number of alkyl halides is 1. The summed E-state index contributed by atoms with van der Waals surface area (Å²) in [5.41, 5.74) is 0.0534. The summed E-state index contributed by atoms with van der Waals surface area (Å²) in [5.74, 6) is -0.342. The minimum atomic E-state index is -1.35. The Balaban J connectivity index is 1.37. The molecule has 4 nitrogen and oxygen atoms in total. The van der Waals surface area contributed by atoms with E-state index < -0.39 is 35.4 Å². The molecule has 1 aromatic carbocycles. The van der Waals surface area contributed by atoms with Gasteiger partial charge >= 0.3 is 0 Å². The summed E-state index contributed by atoms with van der Waals surface area (Å²) < 4.78 is 40.8. The second-order valence-electron chi connectivity index (χ2n) is 11.4. The van der Waals surface area contributed by atoms with E-state index >= 15 is 0 Å². The molecule has 5 aliphatic rings. The average Bonchev–Trinajstić information content (AvgIpc) is 3.26. The molecule has 0 amide bonds. The standard InChI is InChI=1S/C28H32F2O4/c1-26-12-11-21-20-10-8-19(31)13-16(20)3-9-22(21)23(26)14-25-28(26,24(32)15-29)34-27(2,33-25)17-4-6-18(30)7-5-17/h4-7,13,20-23,25H,3,8-12,14-15H2,1-2H3/t20-,21?,22?,23?,25+,26-,27?,28+/m0/s1.